The van der Waals surface area contributed by atoms with Crippen LogP contribution in [0.15, 0.2) is 30.3 Å². The Hall–Kier alpha value is -1.65. The first-order chi connectivity index (χ1) is 9.61. The van der Waals surface area contributed by atoms with E-state index in [0.717, 1.165) is 36.8 Å². The molecule has 1 heterocycles. The lowest BCUT2D eigenvalue weighted by Crippen LogP contribution is -2.23. The second-order valence-corrected chi connectivity index (χ2v) is 5.20. The van der Waals surface area contributed by atoms with Crippen molar-refractivity contribution in [2.75, 3.05) is 27.3 Å². The standard InChI is InChI=1S/C16H23N3O/c1-13-11-14(2)19(17-13)16-8-6-5-7-15(16)12-18(3)9-10-20-4/h5-8,11H,9-10,12H2,1-4H3. The van der Waals surface area contributed by atoms with Gasteiger partial charge in [0.05, 0.1) is 18.0 Å². The molecular weight excluding hydrogens is 250 g/mol. The summed E-state index contributed by atoms with van der Waals surface area (Å²) in [5.41, 5.74) is 4.64. The second-order valence-electron chi connectivity index (χ2n) is 5.20. The minimum atomic E-state index is 0.749. The van der Waals surface area contributed by atoms with Gasteiger partial charge < -0.3 is 4.74 Å². The molecule has 0 unspecified atom stereocenters. The molecule has 0 N–H and O–H groups in total. The molecule has 0 aliphatic carbocycles. The molecule has 0 aliphatic rings. The molecule has 0 saturated carbocycles. The lowest BCUT2D eigenvalue weighted by Gasteiger charge is -2.18. The summed E-state index contributed by atoms with van der Waals surface area (Å²) in [6, 6.07) is 10.5. The van der Waals surface area contributed by atoms with Crippen molar-refractivity contribution >= 4 is 0 Å². The highest BCUT2D eigenvalue weighted by molar-refractivity contribution is 5.41. The van der Waals surface area contributed by atoms with E-state index >= 15 is 0 Å². The number of likely N-dealkylation sites (N-methyl/N-ethyl adjacent to an activating group) is 1. The first kappa shape index (κ1) is 14.8. The van der Waals surface area contributed by atoms with Crippen LogP contribution in [0.1, 0.15) is 17.0 Å². The summed E-state index contributed by atoms with van der Waals surface area (Å²) in [5.74, 6) is 0. The molecule has 0 fully saturated rings. The molecule has 0 aliphatic heterocycles. The van der Waals surface area contributed by atoms with Crippen LogP contribution in [-0.2, 0) is 11.3 Å². The molecule has 2 rings (SSSR count). The van der Waals surface area contributed by atoms with Gasteiger partial charge in [-0.05, 0) is 38.6 Å². The highest BCUT2D eigenvalue weighted by Gasteiger charge is 2.10. The van der Waals surface area contributed by atoms with E-state index in [1.165, 1.54) is 5.56 Å². The van der Waals surface area contributed by atoms with Crippen LogP contribution in [0.3, 0.4) is 0 Å². The van der Waals surface area contributed by atoms with Crippen molar-refractivity contribution in [3.8, 4) is 5.69 Å². The monoisotopic (exact) mass is 273 g/mol. The van der Waals surface area contributed by atoms with Crippen LogP contribution in [0.5, 0.6) is 0 Å². The maximum absolute atomic E-state index is 5.13. The quantitative estimate of drug-likeness (QED) is 0.810. The normalized spacial score (nSPS) is 11.2. The van der Waals surface area contributed by atoms with Crippen molar-refractivity contribution < 1.29 is 4.74 Å². The Bertz CT molecular complexity index is 563. The van der Waals surface area contributed by atoms with Crippen molar-refractivity contribution in [3.05, 3.63) is 47.3 Å². The number of hydrogen-bond donors (Lipinski definition) is 0. The number of nitrogens with zero attached hydrogens (tertiary/aromatic N) is 3. The molecule has 108 valence electrons. The fourth-order valence-corrected chi connectivity index (χ4v) is 2.34. The van der Waals surface area contributed by atoms with Gasteiger partial charge in [-0.2, -0.15) is 5.10 Å². The van der Waals surface area contributed by atoms with Gasteiger partial charge in [0.15, 0.2) is 0 Å². The van der Waals surface area contributed by atoms with E-state index in [1.54, 1.807) is 7.11 Å². The Morgan fingerprint density at radius 2 is 2.00 bits per heavy atom. The largest absolute Gasteiger partial charge is 0.383 e. The van der Waals surface area contributed by atoms with Gasteiger partial charge in [0, 0.05) is 25.9 Å². The molecule has 4 nitrogen and oxygen atoms in total. The topological polar surface area (TPSA) is 30.3 Å². The molecule has 0 amide bonds. The summed E-state index contributed by atoms with van der Waals surface area (Å²) in [6.07, 6.45) is 0. The Morgan fingerprint density at radius 3 is 2.65 bits per heavy atom. The summed E-state index contributed by atoms with van der Waals surface area (Å²) in [5, 5.41) is 4.58. The Balaban J connectivity index is 2.24. The number of methoxy groups -OCH3 is 1. The SMILES string of the molecule is COCCN(C)Cc1ccccc1-n1nc(C)cc1C. The minimum absolute atomic E-state index is 0.749. The van der Waals surface area contributed by atoms with E-state index in [-0.39, 0.29) is 0 Å². The number of para-hydroxylation sites is 1. The van der Waals surface area contributed by atoms with Crippen molar-refractivity contribution in [3.63, 3.8) is 0 Å². The lowest BCUT2D eigenvalue weighted by molar-refractivity contribution is 0.158. The number of hydrogen-bond acceptors (Lipinski definition) is 3. The minimum Gasteiger partial charge on any atom is -0.383 e. The average molecular weight is 273 g/mol. The maximum atomic E-state index is 5.13. The summed E-state index contributed by atoms with van der Waals surface area (Å²) in [6.45, 7) is 6.67. The number of benzene rings is 1. The van der Waals surface area contributed by atoms with E-state index in [9.17, 15) is 0 Å². The van der Waals surface area contributed by atoms with Gasteiger partial charge in [-0.1, -0.05) is 18.2 Å². The Kier molecular flexibility index (Phi) is 4.93. The molecule has 4 heteroatoms. The van der Waals surface area contributed by atoms with Gasteiger partial charge in [0.25, 0.3) is 0 Å². The zero-order valence-electron chi connectivity index (χ0n) is 12.8. The van der Waals surface area contributed by atoms with Gasteiger partial charge >= 0.3 is 0 Å². The third-order valence-corrected chi connectivity index (χ3v) is 3.35. The summed E-state index contributed by atoms with van der Waals surface area (Å²) >= 11 is 0. The van der Waals surface area contributed by atoms with Crippen LogP contribution in [0, 0.1) is 13.8 Å². The molecule has 0 saturated heterocycles. The number of ether oxygens (including phenoxy) is 1. The average Bonchev–Trinajstić information content (AvgIpc) is 2.76. The molecule has 0 atom stereocenters. The number of aromatic nitrogens is 2. The number of rotatable bonds is 6. The number of aryl methyl sites for hydroxylation is 2. The summed E-state index contributed by atoms with van der Waals surface area (Å²) < 4.78 is 7.15. The third-order valence-electron chi connectivity index (χ3n) is 3.35. The summed E-state index contributed by atoms with van der Waals surface area (Å²) in [4.78, 5) is 2.26. The van der Waals surface area contributed by atoms with Gasteiger partial charge in [-0.15, -0.1) is 0 Å². The zero-order chi connectivity index (χ0) is 14.5. The van der Waals surface area contributed by atoms with Crippen LogP contribution in [0.2, 0.25) is 0 Å². The molecule has 2 aromatic rings. The molecule has 0 bridgehead atoms. The third kappa shape index (κ3) is 3.46. The van der Waals surface area contributed by atoms with Crippen molar-refractivity contribution in [1.29, 1.82) is 0 Å². The molecule has 1 aromatic carbocycles. The van der Waals surface area contributed by atoms with E-state index < -0.39 is 0 Å². The van der Waals surface area contributed by atoms with Crippen molar-refractivity contribution in [1.82, 2.24) is 14.7 Å². The fraction of sp³-hybridized carbons (Fsp3) is 0.438. The molecule has 0 spiro atoms. The second kappa shape index (κ2) is 6.68. The molecule has 1 aromatic heterocycles. The smallest absolute Gasteiger partial charge is 0.0693 e. The van der Waals surface area contributed by atoms with Crippen LogP contribution in [0.4, 0.5) is 0 Å². The van der Waals surface area contributed by atoms with Crippen LogP contribution in [0.25, 0.3) is 5.69 Å². The molecule has 0 radical (unpaired) electrons. The van der Waals surface area contributed by atoms with Crippen LogP contribution < -0.4 is 0 Å². The van der Waals surface area contributed by atoms with E-state index in [1.807, 2.05) is 11.6 Å². The highest BCUT2D eigenvalue weighted by Crippen LogP contribution is 2.18. The van der Waals surface area contributed by atoms with Crippen molar-refractivity contribution in [2.24, 2.45) is 0 Å². The van der Waals surface area contributed by atoms with E-state index in [0.29, 0.717) is 0 Å². The van der Waals surface area contributed by atoms with Crippen LogP contribution >= 0.6 is 0 Å². The highest BCUT2D eigenvalue weighted by atomic mass is 16.5. The fourth-order valence-electron chi connectivity index (χ4n) is 2.34. The van der Waals surface area contributed by atoms with E-state index in [2.05, 4.69) is 54.3 Å². The van der Waals surface area contributed by atoms with Gasteiger partial charge in [0.1, 0.15) is 0 Å². The Morgan fingerprint density at radius 1 is 1.25 bits per heavy atom. The Labute approximate surface area is 121 Å². The first-order valence-corrected chi connectivity index (χ1v) is 6.91. The molecule has 20 heavy (non-hydrogen) atoms. The summed E-state index contributed by atoms with van der Waals surface area (Å²) in [7, 11) is 3.84. The lowest BCUT2D eigenvalue weighted by atomic mass is 10.1. The maximum Gasteiger partial charge on any atom is 0.0693 e. The van der Waals surface area contributed by atoms with Crippen LogP contribution in [-0.4, -0.2) is 42.0 Å². The predicted molar refractivity (Wildman–Crippen MR) is 81.2 cm³/mol. The first-order valence-electron chi connectivity index (χ1n) is 6.91. The van der Waals surface area contributed by atoms with Gasteiger partial charge in [-0.3, -0.25) is 4.90 Å². The van der Waals surface area contributed by atoms with E-state index in [4.69, 9.17) is 4.74 Å². The molecular formula is C16H23N3O. The van der Waals surface area contributed by atoms with Gasteiger partial charge in [0.2, 0.25) is 0 Å². The van der Waals surface area contributed by atoms with Crippen molar-refractivity contribution in [2.45, 2.75) is 20.4 Å². The van der Waals surface area contributed by atoms with Gasteiger partial charge in [-0.25, -0.2) is 4.68 Å². The zero-order valence-corrected chi connectivity index (χ0v) is 12.8. The predicted octanol–water partition coefficient (Wildman–Crippen LogP) is 2.57.